The molecule has 122 valence electrons. The van der Waals surface area contributed by atoms with Crippen LogP contribution in [0.4, 0.5) is 10.5 Å². The summed E-state index contributed by atoms with van der Waals surface area (Å²) in [6.07, 6.45) is 2.69. The van der Waals surface area contributed by atoms with Gasteiger partial charge in [-0.3, -0.25) is 14.5 Å². The number of para-hydroxylation sites is 1. The predicted octanol–water partition coefficient (Wildman–Crippen LogP) is 1.92. The van der Waals surface area contributed by atoms with E-state index in [1.54, 1.807) is 4.90 Å². The van der Waals surface area contributed by atoms with Crippen LogP contribution in [0.5, 0.6) is 0 Å². The largest absolute Gasteiger partial charge is 0.327 e. The molecule has 2 fully saturated rings. The third-order valence-electron chi connectivity index (χ3n) is 4.38. The van der Waals surface area contributed by atoms with Gasteiger partial charge in [0, 0.05) is 11.7 Å². The van der Waals surface area contributed by atoms with Crippen LogP contribution in [0, 0.1) is 6.92 Å². The Bertz CT molecular complexity index is 667. The summed E-state index contributed by atoms with van der Waals surface area (Å²) < 4.78 is 0. The van der Waals surface area contributed by atoms with Gasteiger partial charge in [-0.2, -0.15) is 0 Å². The number of carbonyl (C=O) groups excluding carboxylic acids is 3. The Morgan fingerprint density at radius 1 is 1.30 bits per heavy atom. The topological polar surface area (TPSA) is 69.7 Å². The standard InChI is InChI=1S/C17H21N3O3/c1-3-12-6-4-5-11(2)16(12)18-14(21)9-20-15(22)10-19(17(20)23)13-7-8-13/h4-6,13H,3,7-10H2,1-2H3,(H,18,21). The SMILES string of the molecule is CCc1cccc(C)c1NC(=O)CN1C(=O)CN(C2CC2)C1=O. The summed E-state index contributed by atoms with van der Waals surface area (Å²) in [4.78, 5) is 39.1. The van der Waals surface area contributed by atoms with Crippen LogP contribution in [0.25, 0.3) is 0 Å². The second kappa shape index (κ2) is 6.02. The van der Waals surface area contributed by atoms with E-state index in [2.05, 4.69) is 5.32 Å². The number of aryl methyl sites for hydroxylation is 2. The number of hydrogen-bond donors (Lipinski definition) is 1. The monoisotopic (exact) mass is 315 g/mol. The summed E-state index contributed by atoms with van der Waals surface area (Å²) in [5.41, 5.74) is 2.78. The Labute approximate surface area is 135 Å². The lowest BCUT2D eigenvalue weighted by Crippen LogP contribution is -2.39. The second-order valence-electron chi connectivity index (χ2n) is 6.13. The van der Waals surface area contributed by atoms with E-state index in [0.717, 1.165) is 41.0 Å². The molecule has 6 heteroatoms. The summed E-state index contributed by atoms with van der Waals surface area (Å²) in [7, 11) is 0. The van der Waals surface area contributed by atoms with Gasteiger partial charge in [-0.25, -0.2) is 4.79 Å². The Hall–Kier alpha value is -2.37. The van der Waals surface area contributed by atoms with Gasteiger partial charge in [0.05, 0.1) is 0 Å². The van der Waals surface area contributed by atoms with E-state index >= 15 is 0 Å². The second-order valence-corrected chi connectivity index (χ2v) is 6.13. The van der Waals surface area contributed by atoms with Gasteiger partial charge in [0.25, 0.3) is 5.91 Å². The van der Waals surface area contributed by atoms with E-state index < -0.39 is 0 Å². The average Bonchev–Trinajstić information content (AvgIpc) is 3.32. The van der Waals surface area contributed by atoms with Crippen molar-refractivity contribution in [3.8, 4) is 0 Å². The fraction of sp³-hybridized carbons (Fsp3) is 0.471. The number of anilines is 1. The highest BCUT2D eigenvalue weighted by molar-refractivity contribution is 6.06. The number of urea groups is 1. The highest BCUT2D eigenvalue weighted by Crippen LogP contribution is 2.30. The molecular formula is C17H21N3O3. The smallest absolute Gasteiger partial charge is 0.324 e. The number of rotatable bonds is 5. The number of hydrogen-bond acceptors (Lipinski definition) is 3. The van der Waals surface area contributed by atoms with Crippen molar-refractivity contribution in [2.75, 3.05) is 18.4 Å². The molecule has 0 aromatic heterocycles. The minimum Gasteiger partial charge on any atom is -0.324 e. The maximum atomic E-state index is 12.3. The van der Waals surface area contributed by atoms with Crippen LogP contribution in [-0.4, -0.2) is 46.8 Å². The van der Waals surface area contributed by atoms with Crippen molar-refractivity contribution in [3.05, 3.63) is 29.3 Å². The van der Waals surface area contributed by atoms with E-state index in [9.17, 15) is 14.4 Å². The van der Waals surface area contributed by atoms with Crippen LogP contribution in [0.1, 0.15) is 30.9 Å². The molecule has 1 saturated heterocycles. The molecule has 1 aliphatic carbocycles. The Morgan fingerprint density at radius 2 is 2.04 bits per heavy atom. The maximum absolute atomic E-state index is 12.3. The number of nitrogens with zero attached hydrogens (tertiary/aromatic N) is 2. The van der Waals surface area contributed by atoms with Gasteiger partial charge in [-0.15, -0.1) is 0 Å². The zero-order valence-electron chi connectivity index (χ0n) is 13.5. The van der Waals surface area contributed by atoms with Gasteiger partial charge in [0.1, 0.15) is 13.1 Å². The molecule has 1 aliphatic heterocycles. The highest BCUT2D eigenvalue weighted by atomic mass is 16.2. The number of nitrogens with one attached hydrogen (secondary N) is 1. The normalized spacial score (nSPS) is 17.8. The van der Waals surface area contributed by atoms with E-state index in [1.165, 1.54) is 0 Å². The molecule has 0 radical (unpaired) electrons. The van der Waals surface area contributed by atoms with Crippen molar-refractivity contribution in [2.24, 2.45) is 0 Å². The van der Waals surface area contributed by atoms with Crippen LogP contribution in [-0.2, 0) is 16.0 Å². The maximum Gasteiger partial charge on any atom is 0.327 e. The highest BCUT2D eigenvalue weighted by Gasteiger charge is 2.44. The molecule has 0 spiro atoms. The van der Waals surface area contributed by atoms with Crippen molar-refractivity contribution in [1.29, 1.82) is 0 Å². The van der Waals surface area contributed by atoms with Crippen LogP contribution < -0.4 is 5.32 Å². The first-order valence-electron chi connectivity index (χ1n) is 8.00. The summed E-state index contributed by atoms with van der Waals surface area (Å²) in [5.74, 6) is -0.633. The molecule has 1 aromatic carbocycles. The zero-order valence-corrected chi connectivity index (χ0v) is 13.5. The van der Waals surface area contributed by atoms with Crippen LogP contribution in [0.2, 0.25) is 0 Å². The van der Waals surface area contributed by atoms with Crippen molar-refractivity contribution >= 4 is 23.5 Å². The van der Waals surface area contributed by atoms with Crippen LogP contribution >= 0.6 is 0 Å². The minimum absolute atomic E-state index is 0.0986. The van der Waals surface area contributed by atoms with E-state index in [-0.39, 0.29) is 37.0 Å². The zero-order chi connectivity index (χ0) is 16.6. The number of benzene rings is 1. The summed E-state index contributed by atoms with van der Waals surface area (Å²) in [6.45, 7) is 3.82. The number of imide groups is 1. The lowest BCUT2D eigenvalue weighted by Gasteiger charge is -2.17. The van der Waals surface area contributed by atoms with Crippen molar-refractivity contribution in [1.82, 2.24) is 9.80 Å². The van der Waals surface area contributed by atoms with E-state index in [0.29, 0.717) is 0 Å². The first-order chi connectivity index (χ1) is 11.0. The fourth-order valence-electron chi connectivity index (χ4n) is 2.91. The van der Waals surface area contributed by atoms with Crippen LogP contribution in [0.15, 0.2) is 18.2 Å². The number of carbonyl (C=O) groups is 3. The molecule has 6 nitrogen and oxygen atoms in total. The minimum atomic E-state index is -0.340. The molecule has 2 aliphatic rings. The Morgan fingerprint density at radius 3 is 2.70 bits per heavy atom. The molecule has 1 N–H and O–H groups in total. The lowest BCUT2D eigenvalue weighted by atomic mass is 10.1. The molecule has 1 saturated carbocycles. The first-order valence-corrected chi connectivity index (χ1v) is 8.00. The Kier molecular flexibility index (Phi) is 4.07. The lowest BCUT2D eigenvalue weighted by molar-refractivity contribution is -0.129. The van der Waals surface area contributed by atoms with Gasteiger partial charge < -0.3 is 10.2 Å². The molecule has 1 aromatic rings. The molecule has 3 rings (SSSR count). The fourth-order valence-corrected chi connectivity index (χ4v) is 2.91. The molecule has 4 amide bonds. The average molecular weight is 315 g/mol. The molecular weight excluding hydrogens is 294 g/mol. The van der Waals surface area contributed by atoms with Crippen molar-refractivity contribution in [2.45, 2.75) is 39.2 Å². The molecule has 0 unspecified atom stereocenters. The Balaban J connectivity index is 1.68. The van der Waals surface area contributed by atoms with Crippen molar-refractivity contribution in [3.63, 3.8) is 0 Å². The third kappa shape index (κ3) is 3.06. The molecule has 0 atom stereocenters. The quantitative estimate of drug-likeness (QED) is 0.844. The summed E-state index contributed by atoms with van der Waals surface area (Å²) >= 11 is 0. The van der Waals surface area contributed by atoms with Gasteiger partial charge in [-0.05, 0) is 37.3 Å². The summed E-state index contributed by atoms with van der Waals surface area (Å²) in [5, 5.41) is 2.85. The van der Waals surface area contributed by atoms with E-state index in [1.807, 2.05) is 32.0 Å². The van der Waals surface area contributed by atoms with Gasteiger partial charge in [0.2, 0.25) is 5.91 Å². The van der Waals surface area contributed by atoms with Gasteiger partial charge >= 0.3 is 6.03 Å². The van der Waals surface area contributed by atoms with Crippen LogP contribution in [0.3, 0.4) is 0 Å². The molecule has 0 bridgehead atoms. The van der Waals surface area contributed by atoms with E-state index in [4.69, 9.17) is 0 Å². The van der Waals surface area contributed by atoms with Gasteiger partial charge in [0.15, 0.2) is 0 Å². The molecule has 1 heterocycles. The predicted molar refractivity (Wildman–Crippen MR) is 86.0 cm³/mol. The molecule has 23 heavy (non-hydrogen) atoms. The first kappa shape index (κ1) is 15.5. The number of amides is 4. The summed E-state index contributed by atoms with van der Waals surface area (Å²) in [6, 6.07) is 5.68. The third-order valence-corrected chi connectivity index (χ3v) is 4.38. The van der Waals surface area contributed by atoms with Gasteiger partial charge in [-0.1, -0.05) is 25.1 Å². The van der Waals surface area contributed by atoms with Crippen molar-refractivity contribution < 1.29 is 14.4 Å².